The molecule has 0 bridgehead atoms. The number of aromatic nitrogens is 2. The highest BCUT2D eigenvalue weighted by Crippen LogP contribution is 2.30. The number of nitrogens with zero attached hydrogens (tertiary/aromatic N) is 2. The van der Waals surface area contributed by atoms with Gasteiger partial charge in [-0.05, 0) is 62.4 Å². The van der Waals surface area contributed by atoms with Crippen LogP contribution in [0.1, 0.15) is 35.5 Å². The highest BCUT2D eigenvalue weighted by atomic mass is 32.2. The maximum absolute atomic E-state index is 13.3. The van der Waals surface area contributed by atoms with Gasteiger partial charge in [-0.1, -0.05) is 24.0 Å². The molecule has 182 valence electrons. The minimum absolute atomic E-state index is 0.00531. The minimum atomic E-state index is -3.99. The van der Waals surface area contributed by atoms with Crippen LogP contribution >= 0.6 is 0 Å². The fraction of sp³-hybridized carbons (Fsp3) is 0.148. The molecular formula is C27H24N4O4S. The van der Waals surface area contributed by atoms with Crippen LogP contribution in [0.5, 0.6) is 5.75 Å². The molecule has 2 aromatic heterocycles. The third-order valence-electron chi connectivity index (χ3n) is 5.13. The van der Waals surface area contributed by atoms with E-state index in [1.807, 2.05) is 13.8 Å². The van der Waals surface area contributed by atoms with Gasteiger partial charge in [-0.2, -0.15) is 0 Å². The van der Waals surface area contributed by atoms with Gasteiger partial charge in [0.1, 0.15) is 16.3 Å². The van der Waals surface area contributed by atoms with Gasteiger partial charge in [-0.15, -0.1) is 0 Å². The van der Waals surface area contributed by atoms with Gasteiger partial charge in [-0.25, -0.2) is 13.4 Å². The molecule has 2 N–H and O–H groups in total. The van der Waals surface area contributed by atoms with Crippen molar-refractivity contribution < 1.29 is 17.9 Å². The predicted molar refractivity (Wildman–Crippen MR) is 138 cm³/mol. The Hall–Kier alpha value is -4.42. The van der Waals surface area contributed by atoms with Crippen molar-refractivity contribution in [3.63, 3.8) is 0 Å². The lowest BCUT2D eigenvalue weighted by molar-refractivity contribution is 0.0938. The van der Waals surface area contributed by atoms with Gasteiger partial charge in [0.2, 0.25) is 0 Å². The van der Waals surface area contributed by atoms with Gasteiger partial charge in [0.05, 0.1) is 18.3 Å². The van der Waals surface area contributed by atoms with E-state index >= 15 is 0 Å². The van der Waals surface area contributed by atoms with E-state index in [9.17, 15) is 13.2 Å². The number of rotatable bonds is 6. The van der Waals surface area contributed by atoms with Crippen LogP contribution in [0.3, 0.4) is 0 Å². The van der Waals surface area contributed by atoms with E-state index < -0.39 is 10.0 Å². The zero-order valence-corrected chi connectivity index (χ0v) is 20.8. The number of para-hydroxylation sites is 1. The molecule has 0 spiro atoms. The van der Waals surface area contributed by atoms with E-state index in [-0.39, 0.29) is 16.8 Å². The van der Waals surface area contributed by atoms with Crippen molar-refractivity contribution in [3.05, 3.63) is 89.9 Å². The van der Waals surface area contributed by atoms with Gasteiger partial charge in [0, 0.05) is 34.9 Å². The summed E-state index contributed by atoms with van der Waals surface area (Å²) in [5, 5.41) is 3.37. The molecule has 2 aromatic carbocycles. The van der Waals surface area contributed by atoms with Crippen LogP contribution in [0.2, 0.25) is 0 Å². The van der Waals surface area contributed by atoms with Gasteiger partial charge in [-0.3, -0.25) is 14.5 Å². The van der Waals surface area contributed by atoms with Crippen molar-refractivity contribution >= 4 is 32.5 Å². The Morgan fingerprint density at radius 2 is 1.78 bits per heavy atom. The Morgan fingerprint density at radius 3 is 2.50 bits per heavy atom. The number of nitrogens with one attached hydrogen (secondary N) is 2. The molecule has 0 saturated carbocycles. The molecule has 0 unspecified atom stereocenters. The van der Waals surface area contributed by atoms with E-state index in [4.69, 9.17) is 4.74 Å². The van der Waals surface area contributed by atoms with Crippen molar-refractivity contribution in [2.45, 2.75) is 24.8 Å². The summed E-state index contributed by atoms with van der Waals surface area (Å²) < 4.78 is 34.6. The minimum Gasteiger partial charge on any atom is -0.496 e. The van der Waals surface area contributed by atoms with Crippen molar-refractivity contribution in [2.24, 2.45) is 0 Å². The van der Waals surface area contributed by atoms with Crippen molar-refractivity contribution in [1.29, 1.82) is 0 Å². The van der Waals surface area contributed by atoms with Crippen LogP contribution < -0.4 is 14.8 Å². The number of fused-ring (bicyclic) bond motifs is 1. The van der Waals surface area contributed by atoms with E-state index in [0.29, 0.717) is 39.2 Å². The average Bonchev–Trinajstić information content (AvgIpc) is 2.87. The third kappa shape index (κ3) is 5.45. The van der Waals surface area contributed by atoms with Gasteiger partial charge in [0.25, 0.3) is 15.9 Å². The number of pyridine rings is 2. The van der Waals surface area contributed by atoms with Gasteiger partial charge in [0.15, 0.2) is 0 Å². The highest BCUT2D eigenvalue weighted by Gasteiger charge is 2.21. The first-order valence-corrected chi connectivity index (χ1v) is 12.6. The summed E-state index contributed by atoms with van der Waals surface area (Å²) in [6, 6.07) is 16.7. The second-order valence-corrected chi connectivity index (χ2v) is 9.78. The lowest BCUT2D eigenvalue weighted by atomic mass is 10.1. The van der Waals surface area contributed by atoms with E-state index in [0.717, 1.165) is 0 Å². The fourth-order valence-electron chi connectivity index (χ4n) is 3.47. The predicted octanol–water partition coefficient (Wildman–Crippen LogP) is 3.98. The Labute approximate surface area is 209 Å². The number of ether oxygens (including phenoxy) is 1. The number of hydrogen-bond acceptors (Lipinski definition) is 6. The molecule has 2 heterocycles. The van der Waals surface area contributed by atoms with Crippen LogP contribution in [0, 0.1) is 11.8 Å². The van der Waals surface area contributed by atoms with Crippen LogP contribution in [-0.4, -0.2) is 37.4 Å². The molecule has 8 nitrogen and oxygen atoms in total. The Kier molecular flexibility index (Phi) is 7.17. The Morgan fingerprint density at radius 1 is 0.972 bits per heavy atom. The SMILES string of the molecule is COc1ccc(S(=O)(=O)Nc2ccccc2C#Cc2ccc(C(=O)NC(C)C)nc2)c2ncccc12. The first-order valence-electron chi connectivity index (χ1n) is 11.1. The molecule has 0 saturated heterocycles. The normalized spacial score (nSPS) is 11.0. The van der Waals surface area contributed by atoms with Gasteiger partial charge < -0.3 is 10.1 Å². The molecule has 4 rings (SSSR count). The smallest absolute Gasteiger partial charge is 0.270 e. The maximum Gasteiger partial charge on any atom is 0.270 e. The van der Waals surface area contributed by atoms with Crippen molar-refractivity contribution in [1.82, 2.24) is 15.3 Å². The maximum atomic E-state index is 13.3. The van der Waals surface area contributed by atoms with Gasteiger partial charge >= 0.3 is 0 Å². The molecule has 36 heavy (non-hydrogen) atoms. The molecular weight excluding hydrogens is 476 g/mol. The number of hydrogen-bond donors (Lipinski definition) is 2. The third-order valence-corrected chi connectivity index (χ3v) is 6.53. The summed E-state index contributed by atoms with van der Waals surface area (Å²) >= 11 is 0. The molecule has 0 aliphatic rings. The van der Waals surface area contributed by atoms with E-state index in [1.165, 1.54) is 25.6 Å². The van der Waals surface area contributed by atoms with Crippen LogP contribution in [-0.2, 0) is 10.0 Å². The van der Waals surface area contributed by atoms with Crippen molar-refractivity contribution in [2.75, 3.05) is 11.8 Å². The van der Waals surface area contributed by atoms with E-state index in [1.54, 1.807) is 54.6 Å². The molecule has 0 fully saturated rings. The number of carbonyl (C=O) groups excluding carboxylic acids is 1. The molecule has 0 atom stereocenters. The summed E-state index contributed by atoms with van der Waals surface area (Å²) in [6.07, 6.45) is 3.04. The first kappa shape index (κ1) is 24.7. The Bertz CT molecular complexity index is 1590. The quantitative estimate of drug-likeness (QED) is 0.388. The first-order chi connectivity index (χ1) is 17.3. The number of methoxy groups -OCH3 is 1. The van der Waals surface area contributed by atoms with Crippen molar-refractivity contribution in [3.8, 4) is 17.6 Å². The lowest BCUT2D eigenvalue weighted by Crippen LogP contribution is -2.30. The summed E-state index contributed by atoms with van der Waals surface area (Å²) in [6.45, 7) is 3.74. The zero-order valence-electron chi connectivity index (χ0n) is 19.9. The second kappa shape index (κ2) is 10.5. The largest absolute Gasteiger partial charge is 0.496 e. The lowest BCUT2D eigenvalue weighted by Gasteiger charge is -2.13. The summed E-state index contributed by atoms with van der Waals surface area (Å²) in [7, 11) is -2.47. The summed E-state index contributed by atoms with van der Waals surface area (Å²) in [5.41, 5.74) is 1.99. The number of benzene rings is 2. The molecule has 4 aromatic rings. The Balaban J connectivity index is 1.62. The molecule has 0 aliphatic heterocycles. The molecule has 1 amide bonds. The standard InChI is InChI=1S/C27H24N4O4S/c1-18(2)30-27(32)23-13-11-19(17-29-23)10-12-20-7-4-5-9-22(20)31-36(33,34)25-15-14-24(35-3)21-8-6-16-28-26(21)25/h4-9,11,13-18,31H,1-3H3,(H,30,32). The molecule has 9 heteroatoms. The number of anilines is 1. The van der Waals surface area contributed by atoms with Crippen LogP contribution in [0.15, 0.2) is 78.0 Å². The zero-order chi connectivity index (χ0) is 25.7. The summed E-state index contributed by atoms with van der Waals surface area (Å²) in [4.78, 5) is 20.5. The van der Waals surface area contributed by atoms with Crippen LogP contribution in [0.4, 0.5) is 5.69 Å². The highest BCUT2D eigenvalue weighted by molar-refractivity contribution is 7.93. The summed E-state index contributed by atoms with van der Waals surface area (Å²) in [5.74, 6) is 6.23. The number of amides is 1. The van der Waals surface area contributed by atoms with E-state index in [2.05, 4.69) is 31.8 Å². The topological polar surface area (TPSA) is 110 Å². The van der Waals surface area contributed by atoms with Crippen LogP contribution in [0.25, 0.3) is 10.9 Å². The molecule has 0 radical (unpaired) electrons. The average molecular weight is 501 g/mol. The molecule has 0 aliphatic carbocycles. The number of carbonyl (C=O) groups is 1. The number of sulfonamides is 1. The second-order valence-electron chi connectivity index (χ2n) is 8.13. The monoisotopic (exact) mass is 500 g/mol. The fourth-order valence-corrected chi connectivity index (χ4v) is 4.72.